The van der Waals surface area contributed by atoms with E-state index >= 15 is 0 Å². The van der Waals surface area contributed by atoms with Crippen LogP contribution in [0.4, 0.5) is 4.39 Å². The van der Waals surface area contributed by atoms with Gasteiger partial charge in [-0.1, -0.05) is 0 Å². The van der Waals surface area contributed by atoms with Gasteiger partial charge < -0.3 is 9.88 Å². The van der Waals surface area contributed by atoms with Gasteiger partial charge in [-0.3, -0.25) is 19.4 Å². The molecule has 1 fully saturated rings. The summed E-state index contributed by atoms with van der Waals surface area (Å²) in [7, 11) is 0. The molecule has 5 rings (SSSR count). The van der Waals surface area contributed by atoms with E-state index in [1.54, 1.807) is 17.3 Å². The number of nitrogens with zero attached hydrogens (tertiary/aromatic N) is 7. The molecule has 4 aromatic rings. The third-order valence-corrected chi connectivity index (χ3v) is 6.51. The van der Waals surface area contributed by atoms with Crippen molar-refractivity contribution in [3.8, 4) is 23.4 Å². The summed E-state index contributed by atoms with van der Waals surface area (Å²) in [6, 6.07) is 11.8. The lowest BCUT2D eigenvalue weighted by Gasteiger charge is -2.36. The Morgan fingerprint density at radius 1 is 1.17 bits per heavy atom. The molecule has 0 aliphatic carbocycles. The van der Waals surface area contributed by atoms with Gasteiger partial charge in [0.1, 0.15) is 5.82 Å². The fourth-order valence-electron chi connectivity index (χ4n) is 4.58. The van der Waals surface area contributed by atoms with Crippen molar-refractivity contribution in [2.24, 2.45) is 0 Å². The zero-order valence-corrected chi connectivity index (χ0v) is 19.4. The summed E-state index contributed by atoms with van der Waals surface area (Å²) in [5.74, 6) is -1.07. The van der Waals surface area contributed by atoms with Crippen LogP contribution in [0, 0.1) is 28.5 Å². The number of pyridine rings is 1. The summed E-state index contributed by atoms with van der Waals surface area (Å²) in [6.07, 6.45) is 7.60. The average molecular weight is 483 g/mol. The molecule has 1 N–H and O–H groups in total. The van der Waals surface area contributed by atoms with Gasteiger partial charge in [0.2, 0.25) is 0 Å². The van der Waals surface area contributed by atoms with Gasteiger partial charge in [0.25, 0.3) is 5.91 Å². The Hall–Kier alpha value is -4.54. The van der Waals surface area contributed by atoms with E-state index in [9.17, 15) is 14.4 Å². The predicted molar refractivity (Wildman–Crippen MR) is 130 cm³/mol. The number of aromatic nitrogens is 4. The number of carbonyl (C=O) groups is 1. The number of nitriles is 2. The maximum Gasteiger partial charge on any atom is 0.256 e. The maximum absolute atomic E-state index is 14.3. The standard InChI is InChI=1S/C26H23FN8O/c27-23-13-18(14-29)1-2-21(23)26(36)34-11-9-33(10-12-34)17-20(3-6-28)35-16-19(15-32-35)25-22-4-7-30-24(22)5-8-31-25/h1-2,4-5,7-8,13,15-16,20,30H,3,9-12,17H2. The van der Waals surface area contributed by atoms with E-state index in [4.69, 9.17) is 5.26 Å². The molecule has 0 radical (unpaired) electrons. The second kappa shape index (κ2) is 9.98. The van der Waals surface area contributed by atoms with Gasteiger partial charge in [0, 0.05) is 67.8 Å². The lowest BCUT2D eigenvalue weighted by Crippen LogP contribution is -2.50. The number of hydrogen-bond donors (Lipinski definition) is 1. The SMILES string of the molecule is N#CCC(CN1CCN(C(=O)c2ccc(C#N)cc2F)CC1)n1cc(-c2nccc3[nH]ccc23)cn1. The molecule has 10 heteroatoms. The monoisotopic (exact) mass is 482 g/mol. The lowest BCUT2D eigenvalue weighted by atomic mass is 10.1. The molecule has 36 heavy (non-hydrogen) atoms. The molecule has 180 valence electrons. The third-order valence-electron chi connectivity index (χ3n) is 6.51. The highest BCUT2D eigenvalue weighted by Gasteiger charge is 2.26. The summed E-state index contributed by atoms with van der Waals surface area (Å²) < 4.78 is 16.1. The van der Waals surface area contributed by atoms with Gasteiger partial charge in [-0.25, -0.2) is 4.39 Å². The number of H-pyrrole nitrogens is 1. The summed E-state index contributed by atoms with van der Waals surface area (Å²) in [6.45, 7) is 2.69. The zero-order valence-electron chi connectivity index (χ0n) is 19.4. The molecule has 1 atom stereocenters. The lowest BCUT2D eigenvalue weighted by molar-refractivity contribution is 0.0613. The minimum absolute atomic E-state index is 0.0278. The van der Waals surface area contributed by atoms with Crippen molar-refractivity contribution in [1.29, 1.82) is 10.5 Å². The summed E-state index contributed by atoms with van der Waals surface area (Å²) in [5.41, 5.74) is 2.86. The minimum Gasteiger partial charge on any atom is -0.361 e. The number of nitrogens with one attached hydrogen (secondary N) is 1. The van der Waals surface area contributed by atoms with Crippen LogP contribution in [0.25, 0.3) is 22.2 Å². The first-order valence-corrected chi connectivity index (χ1v) is 11.6. The summed E-state index contributed by atoms with van der Waals surface area (Å²) in [4.78, 5) is 24.3. The van der Waals surface area contributed by atoms with Crippen molar-refractivity contribution in [3.63, 3.8) is 0 Å². The molecule has 1 amide bonds. The fourth-order valence-corrected chi connectivity index (χ4v) is 4.58. The molecule has 0 spiro atoms. The zero-order chi connectivity index (χ0) is 25.1. The van der Waals surface area contributed by atoms with Crippen LogP contribution in [-0.2, 0) is 0 Å². The predicted octanol–water partition coefficient (Wildman–Crippen LogP) is 3.35. The highest BCUT2D eigenvalue weighted by molar-refractivity contribution is 5.94. The summed E-state index contributed by atoms with van der Waals surface area (Å²) >= 11 is 0. The van der Waals surface area contributed by atoms with Crippen molar-refractivity contribution < 1.29 is 9.18 Å². The second-order valence-corrected chi connectivity index (χ2v) is 8.72. The number of carbonyl (C=O) groups excluding carboxylic acids is 1. The molecule has 1 unspecified atom stereocenters. The number of benzene rings is 1. The Bertz CT molecular complexity index is 1490. The summed E-state index contributed by atoms with van der Waals surface area (Å²) in [5, 5.41) is 23.9. The van der Waals surface area contributed by atoms with Gasteiger partial charge in [0.05, 0.1) is 47.6 Å². The van der Waals surface area contributed by atoms with Crippen LogP contribution in [0.3, 0.4) is 0 Å². The quantitative estimate of drug-likeness (QED) is 0.450. The van der Waals surface area contributed by atoms with Gasteiger partial charge in [-0.05, 0) is 30.3 Å². The number of hydrogen-bond acceptors (Lipinski definition) is 6. The first-order chi connectivity index (χ1) is 17.6. The van der Waals surface area contributed by atoms with Crippen LogP contribution in [0.15, 0.2) is 55.1 Å². The molecule has 4 heterocycles. The second-order valence-electron chi connectivity index (χ2n) is 8.72. The van der Waals surface area contributed by atoms with Crippen LogP contribution in [-0.4, -0.2) is 68.2 Å². The highest BCUT2D eigenvalue weighted by Crippen LogP contribution is 2.27. The van der Waals surface area contributed by atoms with Crippen molar-refractivity contribution in [3.05, 3.63) is 72.1 Å². The highest BCUT2D eigenvalue weighted by atomic mass is 19.1. The van der Waals surface area contributed by atoms with Crippen LogP contribution < -0.4 is 0 Å². The number of halogens is 1. The van der Waals surface area contributed by atoms with E-state index in [-0.39, 0.29) is 23.1 Å². The van der Waals surface area contributed by atoms with Crippen molar-refractivity contribution in [2.45, 2.75) is 12.5 Å². The Labute approximate surface area is 207 Å². The first-order valence-electron chi connectivity index (χ1n) is 11.6. The van der Waals surface area contributed by atoms with Gasteiger partial charge >= 0.3 is 0 Å². The average Bonchev–Trinajstić information content (AvgIpc) is 3.58. The van der Waals surface area contributed by atoms with Crippen LogP contribution in [0.2, 0.25) is 0 Å². The molecule has 9 nitrogen and oxygen atoms in total. The largest absolute Gasteiger partial charge is 0.361 e. The smallest absolute Gasteiger partial charge is 0.256 e. The fraction of sp³-hybridized carbons (Fsp3) is 0.269. The first kappa shape index (κ1) is 23.2. The van der Waals surface area contributed by atoms with E-state index in [2.05, 4.69) is 26.0 Å². The Balaban J connectivity index is 1.25. The molecule has 1 aliphatic heterocycles. The van der Waals surface area contributed by atoms with E-state index in [1.807, 2.05) is 35.3 Å². The van der Waals surface area contributed by atoms with Crippen LogP contribution >= 0.6 is 0 Å². The Kier molecular flexibility index (Phi) is 6.44. The van der Waals surface area contributed by atoms with Gasteiger partial charge in [-0.15, -0.1) is 0 Å². The topological polar surface area (TPSA) is 118 Å². The molecule has 1 aliphatic rings. The third kappa shape index (κ3) is 4.54. The van der Waals surface area contributed by atoms with E-state index in [1.165, 1.54) is 12.1 Å². The van der Waals surface area contributed by atoms with Crippen molar-refractivity contribution in [1.82, 2.24) is 29.5 Å². The molecular weight excluding hydrogens is 459 g/mol. The Morgan fingerprint density at radius 2 is 2.00 bits per heavy atom. The van der Waals surface area contributed by atoms with Crippen molar-refractivity contribution >= 4 is 16.8 Å². The number of aromatic amines is 1. The Morgan fingerprint density at radius 3 is 2.75 bits per heavy atom. The number of amides is 1. The molecular formula is C26H23FN8O. The minimum atomic E-state index is -0.685. The number of rotatable bonds is 6. The molecule has 0 saturated carbocycles. The molecule has 1 saturated heterocycles. The number of piperazine rings is 1. The van der Waals surface area contributed by atoms with E-state index in [0.717, 1.165) is 28.2 Å². The molecule has 1 aromatic carbocycles. The van der Waals surface area contributed by atoms with E-state index < -0.39 is 5.82 Å². The van der Waals surface area contributed by atoms with Crippen LogP contribution in [0.1, 0.15) is 28.4 Å². The normalized spacial score (nSPS) is 14.9. The van der Waals surface area contributed by atoms with Gasteiger partial charge in [-0.2, -0.15) is 15.6 Å². The van der Waals surface area contributed by atoms with Gasteiger partial charge in [0.15, 0.2) is 0 Å². The molecule has 3 aromatic heterocycles. The maximum atomic E-state index is 14.3. The molecule has 0 bridgehead atoms. The number of fused-ring (bicyclic) bond motifs is 1. The van der Waals surface area contributed by atoms with Crippen molar-refractivity contribution in [2.75, 3.05) is 32.7 Å². The van der Waals surface area contributed by atoms with E-state index in [0.29, 0.717) is 39.1 Å². The van der Waals surface area contributed by atoms with Crippen LogP contribution in [0.5, 0.6) is 0 Å².